The lowest BCUT2D eigenvalue weighted by molar-refractivity contribution is -0.119. The van der Waals surface area contributed by atoms with Crippen LogP contribution in [0.4, 0.5) is 5.69 Å². The van der Waals surface area contributed by atoms with Crippen molar-refractivity contribution in [1.82, 2.24) is 5.43 Å². The van der Waals surface area contributed by atoms with Gasteiger partial charge in [-0.3, -0.25) is 9.10 Å². The largest absolute Gasteiger partial charge is 0.497 e. The first-order valence-corrected chi connectivity index (χ1v) is 11.5. The highest BCUT2D eigenvalue weighted by molar-refractivity contribution is 7.92. The molecule has 0 aliphatic rings. The van der Waals surface area contributed by atoms with Gasteiger partial charge in [-0.1, -0.05) is 47.5 Å². The molecule has 0 aromatic heterocycles. The van der Waals surface area contributed by atoms with Gasteiger partial charge in [0.25, 0.3) is 15.9 Å². The normalized spacial score (nSPS) is 11.3. The van der Waals surface area contributed by atoms with Crippen LogP contribution in [0.25, 0.3) is 0 Å². The summed E-state index contributed by atoms with van der Waals surface area (Å²) >= 11 is 12.3. The number of benzene rings is 3. The molecule has 0 aliphatic heterocycles. The Labute approximate surface area is 196 Å². The number of sulfonamides is 1. The Hall–Kier alpha value is -3.07. The number of hydrogen-bond acceptors (Lipinski definition) is 5. The van der Waals surface area contributed by atoms with Crippen LogP contribution in [0.1, 0.15) is 5.56 Å². The lowest BCUT2D eigenvalue weighted by Crippen LogP contribution is -2.39. The molecule has 3 aromatic carbocycles. The van der Waals surface area contributed by atoms with Crippen molar-refractivity contribution in [3.05, 3.63) is 88.4 Å². The molecule has 1 amide bonds. The highest BCUT2D eigenvalue weighted by Crippen LogP contribution is 2.35. The number of amides is 1. The van der Waals surface area contributed by atoms with Gasteiger partial charge >= 0.3 is 0 Å². The van der Waals surface area contributed by atoms with Crippen molar-refractivity contribution in [2.75, 3.05) is 18.0 Å². The minimum absolute atomic E-state index is 0.00516. The van der Waals surface area contributed by atoms with Gasteiger partial charge in [0.2, 0.25) is 0 Å². The molecule has 0 radical (unpaired) electrons. The fourth-order valence-electron chi connectivity index (χ4n) is 2.74. The van der Waals surface area contributed by atoms with Crippen molar-refractivity contribution in [3.8, 4) is 5.75 Å². The van der Waals surface area contributed by atoms with E-state index in [0.717, 1.165) is 9.87 Å². The molecular weight excluding hydrogens is 473 g/mol. The Morgan fingerprint density at radius 3 is 2.38 bits per heavy atom. The number of rotatable bonds is 8. The summed E-state index contributed by atoms with van der Waals surface area (Å²) in [4.78, 5) is 12.6. The molecular formula is C22H19Cl2N3O4S. The molecule has 3 rings (SSSR count). The van der Waals surface area contributed by atoms with E-state index in [9.17, 15) is 13.2 Å². The maximum absolute atomic E-state index is 13.3. The van der Waals surface area contributed by atoms with E-state index in [1.54, 1.807) is 55.6 Å². The maximum Gasteiger partial charge on any atom is 0.264 e. The van der Waals surface area contributed by atoms with Gasteiger partial charge in [0, 0.05) is 0 Å². The topological polar surface area (TPSA) is 88.1 Å². The van der Waals surface area contributed by atoms with Crippen LogP contribution in [0.2, 0.25) is 10.0 Å². The quantitative estimate of drug-likeness (QED) is 0.374. The molecule has 0 unspecified atom stereocenters. The van der Waals surface area contributed by atoms with E-state index in [4.69, 9.17) is 27.9 Å². The standard InChI is InChI=1S/C22H19Cl2N3O4S/c1-31-17-12-10-16(11-13-17)14-25-26-21(28)15-27(20-9-5-8-19(23)22(20)24)32(29,30)18-6-3-2-4-7-18/h2-14H,15H2,1H3,(H,26,28)/b25-14+. The molecule has 0 saturated heterocycles. The minimum atomic E-state index is -4.11. The number of hydrazone groups is 1. The average Bonchev–Trinajstić information content (AvgIpc) is 2.80. The van der Waals surface area contributed by atoms with E-state index < -0.39 is 22.5 Å². The van der Waals surface area contributed by atoms with Crippen LogP contribution in [0.3, 0.4) is 0 Å². The summed E-state index contributed by atoms with van der Waals surface area (Å²) in [5, 5.41) is 4.07. The molecule has 166 valence electrons. The van der Waals surface area contributed by atoms with Crippen molar-refractivity contribution in [3.63, 3.8) is 0 Å². The van der Waals surface area contributed by atoms with Crippen LogP contribution in [-0.2, 0) is 14.8 Å². The number of ether oxygens (including phenoxy) is 1. The number of methoxy groups -OCH3 is 1. The summed E-state index contributed by atoms with van der Waals surface area (Å²) < 4.78 is 32.5. The van der Waals surface area contributed by atoms with Crippen molar-refractivity contribution in [2.45, 2.75) is 4.90 Å². The van der Waals surface area contributed by atoms with Gasteiger partial charge in [0.15, 0.2) is 0 Å². The minimum Gasteiger partial charge on any atom is -0.497 e. The number of hydrogen-bond donors (Lipinski definition) is 1. The number of carbonyl (C=O) groups is 1. The second kappa shape index (κ2) is 10.5. The third kappa shape index (κ3) is 5.59. The van der Waals surface area contributed by atoms with E-state index in [0.29, 0.717) is 5.75 Å². The Morgan fingerprint density at radius 1 is 1.03 bits per heavy atom. The van der Waals surface area contributed by atoms with Gasteiger partial charge in [0.1, 0.15) is 12.3 Å². The molecule has 0 fully saturated rings. The second-order valence-corrected chi connectivity index (χ2v) is 9.11. The van der Waals surface area contributed by atoms with E-state index in [2.05, 4.69) is 10.5 Å². The average molecular weight is 492 g/mol. The van der Waals surface area contributed by atoms with Crippen LogP contribution in [0, 0.1) is 0 Å². The van der Waals surface area contributed by atoms with Crippen LogP contribution < -0.4 is 14.5 Å². The SMILES string of the molecule is COc1ccc(/C=N/NC(=O)CN(c2cccc(Cl)c2Cl)S(=O)(=O)c2ccccc2)cc1. The predicted octanol–water partition coefficient (Wildman–Crippen LogP) is 4.35. The molecule has 0 saturated carbocycles. The zero-order chi connectivity index (χ0) is 23.1. The Balaban J connectivity index is 1.84. The lowest BCUT2D eigenvalue weighted by atomic mass is 10.2. The molecule has 0 spiro atoms. The molecule has 1 N–H and O–H groups in total. The summed E-state index contributed by atoms with van der Waals surface area (Å²) in [6.07, 6.45) is 1.43. The summed E-state index contributed by atoms with van der Waals surface area (Å²) in [7, 11) is -2.55. The molecule has 32 heavy (non-hydrogen) atoms. The molecule has 0 atom stereocenters. The first kappa shape index (κ1) is 23.6. The van der Waals surface area contributed by atoms with Crippen molar-refractivity contribution >= 4 is 51.0 Å². The van der Waals surface area contributed by atoms with Crippen LogP contribution in [-0.4, -0.2) is 34.2 Å². The summed E-state index contributed by atoms with van der Waals surface area (Å²) in [6, 6.07) is 19.3. The number of carbonyl (C=O) groups excluding carboxylic acids is 1. The highest BCUT2D eigenvalue weighted by atomic mass is 35.5. The van der Waals surface area contributed by atoms with E-state index in [1.807, 2.05) is 0 Å². The van der Waals surface area contributed by atoms with Gasteiger partial charge in [-0.15, -0.1) is 0 Å². The van der Waals surface area contributed by atoms with Gasteiger partial charge in [-0.2, -0.15) is 5.10 Å². The Morgan fingerprint density at radius 2 is 1.72 bits per heavy atom. The van der Waals surface area contributed by atoms with E-state index in [1.165, 1.54) is 30.5 Å². The zero-order valence-corrected chi connectivity index (χ0v) is 19.2. The fourth-order valence-corrected chi connectivity index (χ4v) is 4.64. The van der Waals surface area contributed by atoms with Crippen molar-refractivity contribution < 1.29 is 17.9 Å². The molecule has 0 heterocycles. The second-order valence-electron chi connectivity index (χ2n) is 6.46. The smallest absolute Gasteiger partial charge is 0.264 e. The van der Waals surface area contributed by atoms with Gasteiger partial charge < -0.3 is 4.74 Å². The monoisotopic (exact) mass is 491 g/mol. The summed E-state index contributed by atoms with van der Waals surface area (Å²) in [5.41, 5.74) is 3.14. The molecule has 0 bridgehead atoms. The predicted molar refractivity (Wildman–Crippen MR) is 126 cm³/mol. The maximum atomic E-state index is 13.3. The van der Waals surface area contributed by atoms with E-state index in [-0.39, 0.29) is 20.6 Å². The number of halogens is 2. The third-order valence-electron chi connectivity index (χ3n) is 4.34. The summed E-state index contributed by atoms with van der Waals surface area (Å²) in [5.74, 6) is 0.0247. The van der Waals surface area contributed by atoms with Crippen molar-refractivity contribution in [1.29, 1.82) is 0 Å². The van der Waals surface area contributed by atoms with Gasteiger partial charge in [-0.05, 0) is 54.1 Å². The summed E-state index contributed by atoms with van der Waals surface area (Å²) in [6.45, 7) is -0.558. The number of anilines is 1. The van der Waals surface area contributed by atoms with Crippen LogP contribution in [0.5, 0.6) is 5.75 Å². The Bertz CT molecular complexity index is 1220. The molecule has 10 heteroatoms. The Kier molecular flexibility index (Phi) is 7.74. The van der Waals surface area contributed by atoms with Gasteiger partial charge in [0.05, 0.1) is 34.0 Å². The van der Waals surface area contributed by atoms with Gasteiger partial charge in [-0.25, -0.2) is 13.8 Å². The molecule has 0 aliphatic carbocycles. The lowest BCUT2D eigenvalue weighted by Gasteiger charge is -2.24. The fraction of sp³-hybridized carbons (Fsp3) is 0.0909. The van der Waals surface area contributed by atoms with Crippen molar-refractivity contribution in [2.24, 2.45) is 5.10 Å². The first-order chi connectivity index (χ1) is 15.3. The third-order valence-corrected chi connectivity index (χ3v) is 6.92. The van der Waals surface area contributed by atoms with Crippen LogP contribution >= 0.6 is 23.2 Å². The zero-order valence-electron chi connectivity index (χ0n) is 16.9. The van der Waals surface area contributed by atoms with Crippen LogP contribution in [0.15, 0.2) is 82.8 Å². The molecule has 3 aromatic rings. The van der Waals surface area contributed by atoms with E-state index >= 15 is 0 Å². The number of nitrogens with one attached hydrogen (secondary N) is 1. The molecule has 7 nitrogen and oxygen atoms in total. The first-order valence-electron chi connectivity index (χ1n) is 9.30. The highest BCUT2D eigenvalue weighted by Gasteiger charge is 2.29. The number of nitrogens with zero attached hydrogens (tertiary/aromatic N) is 2.